The van der Waals surface area contributed by atoms with Gasteiger partial charge in [-0.3, -0.25) is 4.79 Å². The molecule has 0 aliphatic rings. The van der Waals surface area contributed by atoms with Gasteiger partial charge in [-0.1, -0.05) is 23.8 Å². The van der Waals surface area contributed by atoms with Gasteiger partial charge in [0.1, 0.15) is 5.78 Å². The molecule has 0 radical (unpaired) electrons. The number of hydrogen-bond donors (Lipinski definition) is 0. The lowest BCUT2D eigenvalue weighted by Gasteiger charge is -2.01. The number of ketones is 1. The molecule has 0 aliphatic carbocycles. The van der Waals surface area contributed by atoms with Crippen molar-refractivity contribution in [1.82, 2.24) is 0 Å². The fourth-order valence-corrected chi connectivity index (χ4v) is 2.11. The van der Waals surface area contributed by atoms with Crippen LogP contribution in [0.3, 0.4) is 0 Å². The summed E-state index contributed by atoms with van der Waals surface area (Å²) in [6.45, 7) is 5.71. The number of thioether (sulfide) groups is 1. The van der Waals surface area contributed by atoms with Crippen LogP contribution in [0.2, 0.25) is 0 Å². The molecule has 1 aromatic carbocycles. The largest absolute Gasteiger partial charge is 0.299 e. The van der Waals surface area contributed by atoms with Crippen molar-refractivity contribution in [1.29, 1.82) is 0 Å². The number of unbranched alkanes of at least 4 members (excludes halogenated alkanes) is 1. The van der Waals surface area contributed by atoms with Crippen LogP contribution < -0.4 is 0 Å². The van der Waals surface area contributed by atoms with E-state index in [1.165, 1.54) is 10.5 Å². The fourth-order valence-electron chi connectivity index (χ4n) is 1.31. The molecule has 2 heteroatoms. The second kappa shape index (κ2) is 7.29. The van der Waals surface area contributed by atoms with E-state index < -0.39 is 0 Å². The molecule has 1 aromatic rings. The minimum atomic E-state index is 0.326. The number of rotatable bonds is 7. The van der Waals surface area contributed by atoms with Crippen molar-refractivity contribution in [2.45, 2.75) is 31.1 Å². The van der Waals surface area contributed by atoms with Gasteiger partial charge in [0.15, 0.2) is 0 Å². The smallest absolute Gasteiger partial charge is 0.143 e. The van der Waals surface area contributed by atoms with Gasteiger partial charge in [-0.05, 0) is 31.9 Å². The monoisotopic (exact) mass is 234 g/mol. The molecule has 0 saturated heterocycles. The van der Waals surface area contributed by atoms with Crippen LogP contribution in [0.15, 0.2) is 41.8 Å². The summed E-state index contributed by atoms with van der Waals surface area (Å²) in [6, 6.07) is 8.28. The van der Waals surface area contributed by atoms with Gasteiger partial charge in [0, 0.05) is 11.3 Å². The number of Topliss-reactive ketones (excluding diaryl/α,β-unsaturated/α-hetero) is 1. The van der Waals surface area contributed by atoms with Gasteiger partial charge in [-0.25, -0.2) is 0 Å². The maximum Gasteiger partial charge on any atom is 0.143 e. The Morgan fingerprint density at radius 1 is 1.38 bits per heavy atom. The lowest BCUT2D eigenvalue weighted by Crippen LogP contribution is -2.00. The predicted octanol–water partition coefficient (Wildman–Crippen LogP) is 4.01. The molecule has 0 atom stereocenters. The topological polar surface area (TPSA) is 17.1 Å². The minimum absolute atomic E-state index is 0.326. The van der Waals surface area contributed by atoms with Gasteiger partial charge in [-0.2, -0.15) is 0 Å². The molecule has 0 bridgehead atoms. The molecule has 16 heavy (non-hydrogen) atoms. The Morgan fingerprint density at radius 2 is 2.06 bits per heavy atom. The third kappa shape index (κ3) is 5.17. The van der Waals surface area contributed by atoms with Gasteiger partial charge in [0.05, 0.1) is 5.75 Å². The SMILES string of the molecule is C=CCCCC(=O)CSc1ccc(C)cc1. The quantitative estimate of drug-likeness (QED) is 0.403. The van der Waals surface area contributed by atoms with E-state index in [4.69, 9.17) is 0 Å². The molecule has 0 amide bonds. The number of hydrogen-bond acceptors (Lipinski definition) is 2. The highest BCUT2D eigenvalue weighted by atomic mass is 32.2. The summed E-state index contributed by atoms with van der Waals surface area (Å²) in [7, 11) is 0. The average Bonchev–Trinajstić information content (AvgIpc) is 2.29. The molecular formula is C14H18OS. The van der Waals surface area contributed by atoms with E-state index in [1.54, 1.807) is 11.8 Å². The highest BCUT2D eigenvalue weighted by Crippen LogP contribution is 2.18. The lowest BCUT2D eigenvalue weighted by molar-refractivity contribution is -0.116. The Hall–Kier alpha value is -1.02. The number of carbonyl (C=O) groups excluding carboxylic acids is 1. The van der Waals surface area contributed by atoms with Crippen LogP contribution in [-0.4, -0.2) is 11.5 Å². The minimum Gasteiger partial charge on any atom is -0.299 e. The number of aryl methyl sites for hydroxylation is 1. The first-order valence-electron chi connectivity index (χ1n) is 5.54. The Balaban J connectivity index is 2.26. The van der Waals surface area contributed by atoms with Gasteiger partial charge in [0.2, 0.25) is 0 Å². The zero-order chi connectivity index (χ0) is 11.8. The van der Waals surface area contributed by atoms with Crippen LogP contribution >= 0.6 is 11.8 Å². The van der Waals surface area contributed by atoms with Crippen LogP contribution in [0.1, 0.15) is 24.8 Å². The van der Waals surface area contributed by atoms with Crippen molar-refractivity contribution < 1.29 is 4.79 Å². The first-order chi connectivity index (χ1) is 7.72. The first-order valence-corrected chi connectivity index (χ1v) is 6.53. The van der Waals surface area contributed by atoms with Crippen LogP contribution in [0.25, 0.3) is 0 Å². The van der Waals surface area contributed by atoms with E-state index in [0.29, 0.717) is 18.0 Å². The zero-order valence-electron chi connectivity index (χ0n) is 9.74. The van der Waals surface area contributed by atoms with E-state index in [9.17, 15) is 4.79 Å². The summed E-state index contributed by atoms with van der Waals surface area (Å²) in [5.74, 6) is 0.910. The first kappa shape index (κ1) is 13.0. The van der Waals surface area contributed by atoms with Crippen molar-refractivity contribution in [3.63, 3.8) is 0 Å². The molecule has 1 nitrogen and oxygen atoms in total. The molecule has 0 aromatic heterocycles. The molecule has 1 rings (SSSR count). The van der Waals surface area contributed by atoms with Crippen molar-refractivity contribution in [2.24, 2.45) is 0 Å². The van der Waals surface area contributed by atoms with E-state index in [0.717, 1.165) is 12.8 Å². The van der Waals surface area contributed by atoms with Gasteiger partial charge in [0.25, 0.3) is 0 Å². The summed E-state index contributed by atoms with van der Waals surface area (Å²) in [4.78, 5) is 12.7. The summed E-state index contributed by atoms with van der Waals surface area (Å²) < 4.78 is 0. The normalized spacial score (nSPS) is 10.1. The summed E-state index contributed by atoms with van der Waals surface area (Å²) in [5.41, 5.74) is 1.25. The Labute approximate surface area is 102 Å². The fraction of sp³-hybridized carbons (Fsp3) is 0.357. The molecule has 0 fully saturated rings. The van der Waals surface area contributed by atoms with Crippen molar-refractivity contribution in [3.8, 4) is 0 Å². The second-order valence-electron chi connectivity index (χ2n) is 3.82. The summed E-state index contributed by atoms with van der Waals surface area (Å²) in [6.07, 6.45) is 4.39. The van der Waals surface area contributed by atoms with Gasteiger partial charge < -0.3 is 0 Å². The van der Waals surface area contributed by atoms with E-state index in [-0.39, 0.29) is 0 Å². The maximum atomic E-state index is 11.5. The molecule has 0 aliphatic heterocycles. The Kier molecular flexibility index (Phi) is 5.94. The predicted molar refractivity (Wildman–Crippen MR) is 71.0 cm³/mol. The zero-order valence-corrected chi connectivity index (χ0v) is 10.6. The molecule has 86 valence electrons. The van der Waals surface area contributed by atoms with Crippen molar-refractivity contribution in [2.75, 3.05) is 5.75 Å². The van der Waals surface area contributed by atoms with Gasteiger partial charge >= 0.3 is 0 Å². The second-order valence-corrected chi connectivity index (χ2v) is 4.87. The lowest BCUT2D eigenvalue weighted by atomic mass is 10.2. The number of benzene rings is 1. The molecule has 0 unspecified atom stereocenters. The third-order valence-corrected chi connectivity index (χ3v) is 3.36. The van der Waals surface area contributed by atoms with E-state index in [2.05, 4.69) is 37.8 Å². The van der Waals surface area contributed by atoms with Crippen LogP contribution in [-0.2, 0) is 4.79 Å². The third-order valence-electron chi connectivity index (χ3n) is 2.28. The van der Waals surface area contributed by atoms with Crippen molar-refractivity contribution in [3.05, 3.63) is 42.5 Å². The molecular weight excluding hydrogens is 216 g/mol. The summed E-state index contributed by atoms with van der Waals surface area (Å²) in [5, 5.41) is 0. The summed E-state index contributed by atoms with van der Waals surface area (Å²) >= 11 is 1.62. The molecule has 0 heterocycles. The van der Waals surface area contributed by atoms with Crippen LogP contribution in [0.4, 0.5) is 0 Å². The molecule has 0 saturated carbocycles. The number of carbonyl (C=O) groups is 1. The van der Waals surface area contributed by atoms with Gasteiger partial charge in [-0.15, -0.1) is 18.3 Å². The van der Waals surface area contributed by atoms with E-state index in [1.807, 2.05) is 6.08 Å². The van der Waals surface area contributed by atoms with Crippen LogP contribution in [0, 0.1) is 6.92 Å². The standard InChI is InChI=1S/C14H18OS/c1-3-4-5-6-13(15)11-16-14-9-7-12(2)8-10-14/h3,7-10H,1,4-6,11H2,2H3. The average molecular weight is 234 g/mol. The Morgan fingerprint density at radius 3 is 2.69 bits per heavy atom. The highest BCUT2D eigenvalue weighted by molar-refractivity contribution is 8.00. The molecule has 0 N–H and O–H groups in total. The van der Waals surface area contributed by atoms with Crippen LogP contribution in [0.5, 0.6) is 0 Å². The Bertz CT molecular complexity index is 340. The number of allylic oxidation sites excluding steroid dienone is 1. The highest BCUT2D eigenvalue weighted by Gasteiger charge is 2.02. The molecule has 0 spiro atoms. The van der Waals surface area contributed by atoms with Crippen molar-refractivity contribution >= 4 is 17.5 Å². The van der Waals surface area contributed by atoms with E-state index >= 15 is 0 Å². The maximum absolute atomic E-state index is 11.5.